The zero-order chi connectivity index (χ0) is 16.9. The van der Waals surface area contributed by atoms with E-state index in [1.54, 1.807) is 36.7 Å². The van der Waals surface area contributed by atoms with Gasteiger partial charge in [-0.2, -0.15) is 0 Å². The van der Waals surface area contributed by atoms with Gasteiger partial charge in [-0.1, -0.05) is 0 Å². The number of hydrogen-bond donors (Lipinski definition) is 2. The number of aromatic nitrogens is 2. The number of nitrogens with one attached hydrogen (secondary N) is 2. The van der Waals surface area contributed by atoms with E-state index in [0.717, 1.165) is 6.54 Å². The molecule has 0 aromatic carbocycles. The Hall–Kier alpha value is -2.61. The number of carbonyl (C=O) groups is 2. The normalized spacial score (nSPS) is 14.2. The Kier molecular flexibility index (Phi) is 4.95. The van der Waals surface area contributed by atoms with Crippen LogP contribution in [0.3, 0.4) is 0 Å². The predicted molar refractivity (Wildman–Crippen MR) is 93.4 cm³/mol. The summed E-state index contributed by atoms with van der Waals surface area (Å²) in [5, 5.41) is 6.27. The quantitative estimate of drug-likeness (QED) is 0.816. The second kappa shape index (κ2) is 7.31. The van der Waals surface area contributed by atoms with Gasteiger partial charge in [0, 0.05) is 19.3 Å². The molecule has 2 aromatic rings. The Bertz CT molecular complexity index is 750. The first kappa shape index (κ1) is 16.3. The Morgan fingerprint density at radius 2 is 2.21 bits per heavy atom. The number of hydrogen-bond acceptors (Lipinski definition) is 6. The lowest BCUT2D eigenvalue weighted by atomic mass is 10.2. The third-order valence-electron chi connectivity index (χ3n) is 3.58. The van der Waals surface area contributed by atoms with Crippen molar-refractivity contribution in [2.45, 2.75) is 5.03 Å². The third kappa shape index (κ3) is 3.65. The van der Waals surface area contributed by atoms with Gasteiger partial charge in [-0.15, -0.1) is 11.8 Å². The van der Waals surface area contributed by atoms with Crippen molar-refractivity contribution in [3.8, 4) is 0 Å². The van der Waals surface area contributed by atoms with Crippen LogP contribution in [0.4, 0.5) is 11.5 Å². The summed E-state index contributed by atoms with van der Waals surface area (Å²) in [6.07, 6.45) is 5.13. The minimum absolute atomic E-state index is 0.0124. The average molecular weight is 343 g/mol. The van der Waals surface area contributed by atoms with E-state index >= 15 is 0 Å². The van der Waals surface area contributed by atoms with Gasteiger partial charge < -0.3 is 15.5 Å². The highest BCUT2D eigenvalue weighted by Crippen LogP contribution is 2.19. The molecule has 3 heterocycles. The van der Waals surface area contributed by atoms with Crippen molar-refractivity contribution < 1.29 is 9.59 Å². The lowest BCUT2D eigenvalue weighted by Gasteiger charge is -2.27. The first-order valence-corrected chi connectivity index (χ1v) is 8.68. The maximum Gasteiger partial charge on any atom is 0.258 e. The average Bonchev–Trinajstić information content (AvgIpc) is 2.62. The molecule has 2 N–H and O–H groups in total. The van der Waals surface area contributed by atoms with Gasteiger partial charge in [-0.25, -0.2) is 9.97 Å². The first-order valence-electron chi connectivity index (χ1n) is 7.45. The summed E-state index contributed by atoms with van der Waals surface area (Å²) < 4.78 is 0. The Morgan fingerprint density at radius 1 is 1.33 bits per heavy atom. The largest absolute Gasteiger partial charge is 0.353 e. The lowest BCUT2D eigenvalue weighted by Crippen LogP contribution is -2.48. The third-order valence-corrected chi connectivity index (χ3v) is 4.29. The van der Waals surface area contributed by atoms with E-state index in [2.05, 4.69) is 20.6 Å². The van der Waals surface area contributed by atoms with Gasteiger partial charge in [-0.3, -0.25) is 9.59 Å². The highest BCUT2D eigenvalue weighted by molar-refractivity contribution is 7.98. The highest BCUT2D eigenvalue weighted by Gasteiger charge is 2.17. The molecule has 2 amide bonds. The lowest BCUT2D eigenvalue weighted by molar-refractivity contribution is -0.120. The number of thioether (sulfide) groups is 1. The minimum atomic E-state index is -0.223. The molecule has 0 saturated carbocycles. The van der Waals surface area contributed by atoms with Crippen LogP contribution < -0.4 is 15.5 Å². The van der Waals surface area contributed by atoms with E-state index < -0.39 is 0 Å². The maximum absolute atomic E-state index is 12.4. The predicted octanol–water partition coefficient (Wildman–Crippen LogP) is 1.39. The zero-order valence-corrected chi connectivity index (χ0v) is 14.0. The fourth-order valence-corrected chi connectivity index (χ4v) is 2.95. The zero-order valence-electron chi connectivity index (χ0n) is 13.2. The number of carbonyl (C=O) groups excluding carboxylic acids is 2. The number of piperazine rings is 1. The topological polar surface area (TPSA) is 87.2 Å². The van der Waals surface area contributed by atoms with Crippen LogP contribution in [0.15, 0.2) is 41.7 Å². The maximum atomic E-state index is 12.4. The molecule has 0 radical (unpaired) electrons. The summed E-state index contributed by atoms with van der Waals surface area (Å²) in [6, 6.07) is 7.05. The fraction of sp³-hybridized carbons (Fsp3) is 0.250. The van der Waals surface area contributed by atoms with Gasteiger partial charge in [0.1, 0.15) is 10.8 Å². The summed E-state index contributed by atoms with van der Waals surface area (Å²) in [6.45, 7) is 1.63. The van der Waals surface area contributed by atoms with Gasteiger partial charge in [0.05, 0.1) is 24.0 Å². The second-order valence-corrected chi connectivity index (χ2v) is 5.99. The van der Waals surface area contributed by atoms with Crippen molar-refractivity contribution in [1.29, 1.82) is 0 Å². The number of amides is 2. The molecular weight excluding hydrogens is 326 g/mol. The van der Waals surface area contributed by atoms with Crippen molar-refractivity contribution in [3.63, 3.8) is 0 Å². The molecule has 3 rings (SSSR count). The SMILES string of the molecule is CSc1ncccc1C(=O)Nc1ccc(N2CCNC(=O)C2)nc1. The molecule has 2 aromatic heterocycles. The minimum Gasteiger partial charge on any atom is -0.353 e. The van der Waals surface area contributed by atoms with Crippen molar-refractivity contribution in [3.05, 3.63) is 42.2 Å². The molecule has 1 saturated heterocycles. The number of rotatable bonds is 4. The van der Waals surface area contributed by atoms with E-state index in [-0.39, 0.29) is 11.8 Å². The van der Waals surface area contributed by atoms with Crippen molar-refractivity contribution in [2.75, 3.05) is 36.1 Å². The molecule has 0 unspecified atom stereocenters. The molecule has 1 fully saturated rings. The number of pyridine rings is 2. The van der Waals surface area contributed by atoms with Crippen molar-refractivity contribution in [2.24, 2.45) is 0 Å². The Balaban J connectivity index is 1.70. The molecule has 1 aliphatic rings. The summed E-state index contributed by atoms with van der Waals surface area (Å²) in [5.41, 5.74) is 1.13. The van der Waals surface area contributed by atoms with E-state index in [1.165, 1.54) is 11.8 Å². The number of anilines is 2. The van der Waals surface area contributed by atoms with Gasteiger partial charge in [0.25, 0.3) is 5.91 Å². The van der Waals surface area contributed by atoms with Crippen LogP contribution in [0.25, 0.3) is 0 Å². The molecule has 0 bridgehead atoms. The smallest absolute Gasteiger partial charge is 0.258 e. The first-order chi connectivity index (χ1) is 11.7. The Labute approximate surface area is 143 Å². The van der Waals surface area contributed by atoms with Crippen LogP contribution in [-0.4, -0.2) is 47.7 Å². The molecule has 1 aliphatic heterocycles. The molecule has 0 spiro atoms. The summed E-state index contributed by atoms with van der Waals surface area (Å²) >= 11 is 1.42. The van der Waals surface area contributed by atoms with Crippen LogP contribution >= 0.6 is 11.8 Å². The van der Waals surface area contributed by atoms with Gasteiger partial charge in [0.2, 0.25) is 5.91 Å². The van der Waals surface area contributed by atoms with Crippen LogP contribution in [0.5, 0.6) is 0 Å². The van der Waals surface area contributed by atoms with E-state index in [1.807, 2.05) is 11.2 Å². The second-order valence-electron chi connectivity index (χ2n) is 5.19. The molecule has 24 heavy (non-hydrogen) atoms. The standard InChI is InChI=1S/C16H17N5O2S/c1-24-16-12(3-2-6-18-16)15(23)20-11-4-5-13(19-9-11)21-8-7-17-14(22)10-21/h2-6,9H,7-8,10H2,1H3,(H,17,22)(H,20,23). The summed E-state index contributed by atoms with van der Waals surface area (Å²) in [5.74, 6) is 0.481. The summed E-state index contributed by atoms with van der Waals surface area (Å²) in [4.78, 5) is 34.2. The monoisotopic (exact) mass is 343 g/mol. The Morgan fingerprint density at radius 3 is 2.92 bits per heavy atom. The van der Waals surface area contributed by atoms with E-state index in [4.69, 9.17) is 0 Å². The van der Waals surface area contributed by atoms with Crippen molar-refractivity contribution in [1.82, 2.24) is 15.3 Å². The summed E-state index contributed by atoms with van der Waals surface area (Å²) in [7, 11) is 0. The molecule has 124 valence electrons. The van der Waals surface area contributed by atoms with Gasteiger partial charge in [0.15, 0.2) is 0 Å². The molecule has 8 heteroatoms. The highest BCUT2D eigenvalue weighted by atomic mass is 32.2. The van der Waals surface area contributed by atoms with Crippen LogP contribution in [-0.2, 0) is 4.79 Å². The van der Waals surface area contributed by atoms with Gasteiger partial charge in [-0.05, 0) is 30.5 Å². The van der Waals surface area contributed by atoms with Crippen LogP contribution in [0, 0.1) is 0 Å². The molecular formula is C16H17N5O2S. The van der Waals surface area contributed by atoms with Crippen LogP contribution in [0.1, 0.15) is 10.4 Å². The van der Waals surface area contributed by atoms with E-state index in [0.29, 0.717) is 35.2 Å². The molecule has 0 aliphatic carbocycles. The fourth-order valence-electron chi connectivity index (χ4n) is 2.41. The van der Waals surface area contributed by atoms with E-state index in [9.17, 15) is 9.59 Å². The molecule has 7 nitrogen and oxygen atoms in total. The van der Waals surface area contributed by atoms with Crippen molar-refractivity contribution >= 4 is 35.1 Å². The van der Waals surface area contributed by atoms with Crippen LogP contribution in [0.2, 0.25) is 0 Å². The van der Waals surface area contributed by atoms with Gasteiger partial charge >= 0.3 is 0 Å². The number of nitrogens with zero attached hydrogens (tertiary/aromatic N) is 3. The molecule has 0 atom stereocenters.